The van der Waals surface area contributed by atoms with Crippen LogP contribution in [0, 0.1) is 11.8 Å². The number of likely N-dealkylation sites (tertiary alicyclic amines) is 1. The van der Waals surface area contributed by atoms with Crippen molar-refractivity contribution in [2.75, 3.05) is 19.6 Å². The predicted octanol–water partition coefficient (Wildman–Crippen LogP) is 1.32. The SMILES string of the molecule is CC(C)C1CCN(Cc2cn(CCN)cn2)C1. The summed E-state index contributed by atoms with van der Waals surface area (Å²) in [7, 11) is 0. The van der Waals surface area contributed by atoms with Crippen molar-refractivity contribution in [3.63, 3.8) is 0 Å². The van der Waals surface area contributed by atoms with Crippen LogP contribution in [-0.2, 0) is 13.1 Å². The summed E-state index contributed by atoms with van der Waals surface area (Å²) in [6.45, 7) is 9.61. The van der Waals surface area contributed by atoms with Gasteiger partial charge in [0.2, 0.25) is 0 Å². The van der Waals surface area contributed by atoms with E-state index in [9.17, 15) is 0 Å². The third-order valence-corrected chi connectivity index (χ3v) is 3.71. The lowest BCUT2D eigenvalue weighted by molar-refractivity contribution is 0.294. The molecule has 0 spiro atoms. The van der Waals surface area contributed by atoms with Gasteiger partial charge in [0.25, 0.3) is 0 Å². The molecule has 1 unspecified atom stereocenters. The highest BCUT2D eigenvalue weighted by Crippen LogP contribution is 2.24. The van der Waals surface area contributed by atoms with Crippen LogP contribution in [0.5, 0.6) is 0 Å². The maximum absolute atomic E-state index is 5.53. The molecule has 1 aliphatic rings. The fourth-order valence-electron chi connectivity index (χ4n) is 2.54. The second-order valence-corrected chi connectivity index (χ2v) is 5.42. The quantitative estimate of drug-likeness (QED) is 0.838. The number of aromatic nitrogens is 2. The van der Waals surface area contributed by atoms with Crippen LogP contribution in [0.3, 0.4) is 0 Å². The molecule has 4 nitrogen and oxygen atoms in total. The number of nitrogens with zero attached hydrogens (tertiary/aromatic N) is 3. The molecule has 0 bridgehead atoms. The minimum absolute atomic E-state index is 0.676. The van der Waals surface area contributed by atoms with E-state index in [2.05, 4.69) is 34.5 Å². The van der Waals surface area contributed by atoms with Gasteiger partial charge in [-0.2, -0.15) is 0 Å². The van der Waals surface area contributed by atoms with Crippen molar-refractivity contribution in [1.82, 2.24) is 14.5 Å². The van der Waals surface area contributed by atoms with Gasteiger partial charge in [-0.25, -0.2) is 4.98 Å². The van der Waals surface area contributed by atoms with Crippen LogP contribution < -0.4 is 5.73 Å². The molecule has 1 aromatic heterocycles. The average molecular weight is 236 g/mol. The van der Waals surface area contributed by atoms with E-state index in [1.807, 2.05) is 6.33 Å². The van der Waals surface area contributed by atoms with Crippen LogP contribution in [0.25, 0.3) is 0 Å². The first-order valence-electron chi connectivity index (χ1n) is 6.62. The molecule has 1 saturated heterocycles. The lowest BCUT2D eigenvalue weighted by Gasteiger charge is -2.16. The van der Waals surface area contributed by atoms with Crippen LogP contribution in [-0.4, -0.2) is 34.1 Å². The molecule has 1 aromatic rings. The minimum Gasteiger partial charge on any atom is -0.336 e. The van der Waals surface area contributed by atoms with Crippen molar-refractivity contribution in [3.8, 4) is 0 Å². The highest BCUT2D eigenvalue weighted by Gasteiger charge is 2.24. The van der Waals surface area contributed by atoms with E-state index in [4.69, 9.17) is 5.73 Å². The first-order valence-corrected chi connectivity index (χ1v) is 6.62. The fourth-order valence-corrected chi connectivity index (χ4v) is 2.54. The Balaban J connectivity index is 1.84. The molecule has 0 amide bonds. The Morgan fingerprint density at radius 1 is 1.53 bits per heavy atom. The summed E-state index contributed by atoms with van der Waals surface area (Å²) in [6, 6.07) is 0. The first-order chi connectivity index (χ1) is 8.19. The summed E-state index contributed by atoms with van der Waals surface area (Å²) < 4.78 is 2.07. The molecular formula is C13H24N4. The van der Waals surface area contributed by atoms with Crippen LogP contribution in [0.15, 0.2) is 12.5 Å². The van der Waals surface area contributed by atoms with Gasteiger partial charge in [0.15, 0.2) is 0 Å². The van der Waals surface area contributed by atoms with Gasteiger partial charge < -0.3 is 10.3 Å². The van der Waals surface area contributed by atoms with Gasteiger partial charge in [-0.05, 0) is 24.8 Å². The smallest absolute Gasteiger partial charge is 0.0950 e. The number of nitrogens with two attached hydrogens (primary N) is 1. The zero-order valence-corrected chi connectivity index (χ0v) is 11.0. The monoisotopic (exact) mass is 236 g/mol. The third-order valence-electron chi connectivity index (χ3n) is 3.71. The molecule has 0 aromatic carbocycles. The lowest BCUT2D eigenvalue weighted by atomic mass is 9.95. The predicted molar refractivity (Wildman–Crippen MR) is 69.5 cm³/mol. The molecule has 1 fully saturated rings. The summed E-state index contributed by atoms with van der Waals surface area (Å²) in [6.07, 6.45) is 5.34. The van der Waals surface area contributed by atoms with E-state index in [0.29, 0.717) is 6.54 Å². The Labute approximate surface area is 104 Å². The van der Waals surface area contributed by atoms with Crippen LogP contribution in [0.2, 0.25) is 0 Å². The summed E-state index contributed by atoms with van der Waals surface area (Å²) in [5.41, 5.74) is 6.70. The number of hydrogen-bond acceptors (Lipinski definition) is 3. The molecular weight excluding hydrogens is 212 g/mol. The maximum atomic E-state index is 5.53. The zero-order valence-electron chi connectivity index (χ0n) is 11.0. The standard InChI is InChI=1S/C13H24N4/c1-11(2)12-3-5-16(7-12)8-13-9-17(6-4-14)10-15-13/h9-12H,3-8,14H2,1-2H3. The van der Waals surface area contributed by atoms with Crippen molar-refractivity contribution in [2.45, 2.75) is 33.4 Å². The lowest BCUT2D eigenvalue weighted by Crippen LogP contribution is -2.21. The van der Waals surface area contributed by atoms with E-state index in [-0.39, 0.29) is 0 Å². The van der Waals surface area contributed by atoms with Crippen molar-refractivity contribution in [1.29, 1.82) is 0 Å². The van der Waals surface area contributed by atoms with E-state index in [0.717, 1.165) is 24.9 Å². The summed E-state index contributed by atoms with van der Waals surface area (Å²) in [5, 5.41) is 0. The number of rotatable bonds is 5. The second kappa shape index (κ2) is 5.65. The van der Waals surface area contributed by atoms with Crippen LogP contribution >= 0.6 is 0 Å². The van der Waals surface area contributed by atoms with Gasteiger partial charge in [0.1, 0.15) is 0 Å². The molecule has 0 radical (unpaired) electrons. The second-order valence-electron chi connectivity index (χ2n) is 5.42. The summed E-state index contributed by atoms with van der Waals surface area (Å²) in [5.74, 6) is 1.66. The van der Waals surface area contributed by atoms with Gasteiger partial charge in [-0.15, -0.1) is 0 Å². The molecule has 0 saturated carbocycles. The molecule has 1 aliphatic heterocycles. The molecule has 2 heterocycles. The van der Waals surface area contributed by atoms with Gasteiger partial charge in [-0.3, -0.25) is 4.90 Å². The topological polar surface area (TPSA) is 47.1 Å². The Hall–Kier alpha value is -0.870. The highest BCUT2D eigenvalue weighted by molar-refractivity contribution is 4.97. The van der Waals surface area contributed by atoms with Crippen molar-refractivity contribution < 1.29 is 0 Å². The summed E-state index contributed by atoms with van der Waals surface area (Å²) in [4.78, 5) is 6.95. The molecule has 96 valence electrons. The highest BCUT2D eigenvalue weighted by atomic mass is 15.2. The Bertz CT molecular complexity index is 345. The summed E-state index contributed by atoms with van der Waals surface area (Å²) >= 11 is 0. The number of imidazole rings is 1. The zero-order chi connectivity index (χ0) is 12.3. The fraction of sp³-hybridized carbons (Fsp3) is 0.769. The molecule has 2 rings (SSSR count). The van der Waals surface area contributed by atoms with Crippen LogP contribution in [0.1, 0.15) is 26.0 Å². The molecule has 4 heteroatoms. The van der Waals surface area contributed by atoms with Crippen molar-refractivity contribution in [3.05, 3.63) is 18.2 Å². The third kappa shape index (κ3) is 3.30. The van der Waals surface area contributed by atoms with Crippen molar-refractivity contribution >= 4 is 0 Å². The molecule has 2 N–H and O–H groups in total. The first kappa shape index (κ1) is 12.6. The van der Waals surface area contributed by atoms with Gasteiger partial charge >= 0.3 is 0 Å². The van der Waals surface area contributed by atoms with Crippen molar-refractivity contribution in [2.24, 2.45) is 17.6 Å². The number of hydrogen-bond donors (Lipinski definition) is 1. The van der Waals surface area contributed by atoms with E-state index < -0.39 is 0 Å². The molecule has 17 heavy (non-hydrogen) atoms. The maximum Gasteiger partial charge on any atom is 0.0950 e. The molecule has 1 atom stereocenters. The Kier molecular flexibility index (Phi) is 4.18. The molecule has 0 aliphatic carbocycles. The Morgan fingerprint density at radius 3 is 3.00 bits per heavy atom. The van der Waals surface area contributed by atoms with Crippen LogP contribution in [0.4, 0.5) is 0 Å². The minimum atomic E-state index is 0.676. The van der Waals surface area contributed by atoms with E-state index in [1.54, 1.807) is 0 Å². The largest absolute Gasteiger partial charge is 0.336 e. The van der Waals surface area contributed by atoms with E-state index in [1.165, 1.54) is 25.2 Å². The van der Waals surface area contributed by atoms with Gasteiger partial charge in [0.05, 0.1) is 12.0 Å². The van der Waals surface area contributed by atoms with E-state index >= 15 is 0 Å². The van der Waals surface area contributed by atoms with Gasteiger partial charge in [-0.1, -0.05) is 13.8 Å². The Morgan fingerprint density at radius 2 is 2.35 bits per heavy atom. The van der Waals surface area contributed by atoms with Gasteiger partial charge in [0, 0.05) is 32.4 Å². The normalized spacial score (nSPS) is 21.5. The average Bonchev–Trinajstić information content (AvgIpc) is 2.89.